The standard InChI is InChI=1S/C22H22ClNO2S/c1-4-25-20-11-7-10-17(21(20)26-5-2)19-14-24(3)13-18(22(19)27)15-8-6-9-16(23)12-15/h6-14H,4-5H2,1-3H3. The van der Waals surface area contributed by atoms with E-state index in [1.165, 1.54) is 0 Å². The molecule has 0 aliphatic heterocycles. The Morgan fingerprint density at radius 3 is 2.33 bits per heavy atom. The molecule has 0 bridgehead atoms. The maximum absolute atomic E-state index is 6.19. The number of halogens is 1. The van der Waals surface area contributed by atoms with E-state index in [1.807, 2.05) is 80.3 Å². The topological polar surface area (TPSA) is 23.4 Å². The number of para-hydroxylation sites is 1. The number of hydrogen-bond donors (Lipinski definition) is 0. The average Bonchev–Trinajstić information content (AvgIpc) is 2.65. The molecule has 3 rings (SSSR count). The second-order valence-electron chi connectivity index (χ2n) is 6.09. The Labute approximate surface area is 170 Å². The molecule has 140 valence electrons. The summed E-state index contributed by atoms with van der Waals surface area (Å²) in [6, 6.07) is 13.6. The third-order valence-corrected chi connectivity index (χ3v) is 4.82. The molecule has 0 atom stereocenters. The van der Waals surface area contributed by atoms with Gasteiger partial charge in [-0.25, -0.2) is 0 Å². The van der Waals surface area contributed by atoms with Gasteiger partial charge >= 0.3 is 0 Å². The number of ether oxygens (including phenoxy) is 2. The summed E-state index contributed by atoms with van der Waals surface area (Å²) >= 11 is 12.0. The molecule has 0 spiro atoms. The Kier molecular flexibility index (Phi) is 6.19. The zero-order valence-electron chi connectivity index (χ0n) is 15.7. The van der Waals surface area contributed by atoms with Crippen LogP contribution in [0.4, 0.5) is 0 Å². The van der Waals surface area contributed by atoms with E-state index in [-0.39, 0.29) is 0 Å². The van der Waals surface area contributed by atoms with Crippen molar-refractivity contribution in [3.8, 4) is 33.8 Å². The van der Waals surface area contributed by atoms with E-state index in [1.54, 1.807) is 0 Å². The molecule has 5 heteroatoms. The molecule has 0 aliphatic carbocycles. The summed E-state index contributed by atoms with van der Waals surface area (Å²) in [6.07, 6.45) is 4.04. The number of hydrogen-bond acceptors (Lipinski definition) is 3. The van der Waals surface area contributed by atoms with Crippen molar-refractivity contribution in [2.24, 2.45) is 7.05 Å². The second-order valence-corrected chi connectivity index (χ2v) is 6.93. The summed E-state index contributed by atoms with van der Waals surface area (Å²) < 4.78 is 14.5. The number of nitrogens with zero attached hydrogens (tertiary/aromatic N) is 1. The van der Waals surface area contributed by atoms with Crippen LogP contribution in [0.2, 0.25) is 5.02 Å². The lowest BCUT2D eigenvalue weighted by atomic mass is 10.0. The molecule has 0 saturated heterocycles. The van der Waals surface area contributed by atoms with E-state index in [4.69, 9.17) is 33.3 Å². The van der Waals surface area contributed by atoms with Crippen LogP contribution in [0.15, 0.2) is 54.9 Å². The first-order valence-corrected chi connectivity index (χ1v) is 9.69. The Morgan fingerprint density at radius 1 is 0.926 bits per heavy atom. The molecule has 1 aromatic heterocycles. The fraction of sp³-hybridized carbons (Fsp3) is 0.227. The summed E-state index contributed by atoms with van der Waals surface area (Å²) in [5.41, 5.74) is 3.79. The van der Waals surface area contributed by atoms with Crippen molar-refractivity contribution in [3.05, 3.63) is 64.4 Å². The fourth-order valence-corrected chi connectivity index (χ4v) is 3.57. The van der Waals surface area contributed by atoms with Crippen LogP contribution in [-0.4, -0.2) is 17.8 Å². The Balaban J connectivity index is 2.24. The summed E-state index contributed by atoms with van der Waals surface area (Å²) in [7, 11) is 1.99. The third kappa shape index (κ3) is 4.18. The number of aromatic nitrogens is 1. The maximum atomic E-state index is 6.19. The van der Waals surface area contributed by atoms with Gasteiger partial charge in [-0.3, -0.25) is 0 Å². The molecule has 3 nitrogen and oxygen atoms in total. The monoisotopic (exact) mass is 399 g/mol. The molecular weight excluding hydrogens is 378 g/mol. The van der Waals surface area contributed by atoms with Crippen LogP contribution in [0, 0.1) is 4.51 Å². The van der Waals surface area contributed by atoms with Gasteiger partial charge in [-0.2, -0.15) is 0 Å². The van der Waals surface area contributed by atoms with Crippen molar-refractivity contribution in [1.82, 2.24) is 4.57 Å². The van der Waals surface area contributed by atoms with Crippen molar-refractivity contribution in [2.75, 3.05) is 13.2 Å². The van der Waals surface area contributed by atoms with Gasteiger partial charge in [-0.05, 0) is 37.6 Å². The minimum atomic E-state index is 0.546. The van der Waals surface area contributed by atoms with Crippen molar-refractivity contribution in [3.63, 3.8) is 0 Å². The molecular formula is C22H22ClNO2S. The van der Waals surface area contributed by atoms with Crippen LogP contribution in [0.25, 0.3) is 22.3 Å². The van der Waals surface area contributed by atoms with E-state index in [0.29, 0.717) is 18.2 Å². The van der Waals surface area contributed by atoms with Gasteiger partial charge in [-0.15, -0.1) is 0 Å². The highest BCUT2D eigenvalue weighted by atomic mass is 35.5. The SMILES string of the molecule is CCOc1cccc(-c2cn(C)cc(-c3cccc(Cl)c3)c2=S)c1OCC. The van der Waals surface area contributed by atoms with Gasteiger partial charge in [0.05, 0.1) is 17.7 Å². The minimum Gasteiger partial charge on any atom is -0.490 e. The van der Waals surface area contributed by atoms with E-state index in [9.17, 15) is 0 Å². The molecule has 0 radical (unpaired) electrons. The van der Waals surface area contributed by atoms with Crippen molar-refractivity contribution in [2.45, 2.75) is 13.8 Å². The molecule has 27 heavy (non-hydrogen) atoms. The zero-order valence-corrected chi connectivity index (χ0v) is 17.2. The number of pyridine rings is 1. The van der Waals surface area contributed by atoms with Crippen LogP contribution < -0.4 is 9.47 Å². The van der Waals surface area contributed by atoms with E-state index in [2.05, 4.69) is 0 Å². The highest BCUT2D eigenvalue weighted by Gasteiger charge is 2.16. The van der Waals surface area contributed by atoms with Gasteiger partial charge in [0.1, 0.15) is 0 Å². The molecule has 0 fully saturated rings. The van der Waals surface area contributed by atoms with Crippen molar-refractivity contribution >= 4 is 23.8 Å². The van der Waals surface area contributed by atoms with Gasteiger partial charge in [0, 0.05) is 41.2 Å². The average molecular weight is 400 g/mol. The van der Waals surface area contributed by atoms with Crippen LogP contribution in [-0.2, 0) is 7.05 Å². The van der Waals surface area contributed by atoms with Crippen LogP contribution >= 0.6 is 23.8 Å². The minimum absolute atomic E-state index is 0.546. The molecule has 3 aromatic rings. The smallest absolute Gasteiger partial charge is 0.169 e. The Hall–Kier alpha value is -2.30. The molecule has 0 amide bonds. The van der Waals surface area contributed by atoms with E-state index in [0.717, 1.165) is 38.3 Å². The number of benzene rings is 2. The van der Waals surface area contributed by atoms with Gasteiger partial charge < -0.3 is 14.0 Å². The van der Waals surface area contributed by atoms with Gasteiger partial charge in [0.25, 0.3) is 0 Å². The normalized spacial score (nSPS) is 10.7. The first-order valence-electron chi connectivity index (χ1n) is 8.90. The predicted octanol–water partition coefficient (Wildman–Crippen LogP) is 6.54. The highest BCUT2D eigenvalue weighted by molar-refractivity contribution is 7.71. The lowest BCUT2D eigenvalue weighted by Crippen LogP contribution is -2.01. The largest absolute Gasteiger partial charge is 0.490 e. The third-order valence-electron chi connectivity index (χ3n) is 4.15. The van der Waals surface area contributed by atoms with E-state index < -0.39 is 0 Å². The zero-order chi connectivity index (χ0) is 19.4. The summed E-state index contributed by atoms with van der Waals surface area (Å²) in [5, 5.41) is 0.684. The Bertz CT molecular complexity index is 1010. The maximum Gasteiger partial charge on any atom is 0.169 e. The van der Waals surface area contributed by atoms with Crippen LogP contribution in [0.1, 0.15) is 13.8 Å². The summed E-state index contributed by atoms with van der Waals surface area (Å²) in [5.74, 6) is 1.44. The van der Waals surface area contributed by atoms with Crippen molar-refractivity contribution < 1.29 is 9.47 Å². The van der Waals surface area contributed by atoms with Crippen molar-refractivity contribution in [1.29, 1.82) is 0 Å². The molecule has 0 saturated carbocycles. The highest BCUT2D eigenvalue weighted by Crippen LogP contribution is 2.40. The summed E-state index contributed by atoms with van der Waals surface area (Å²) in [6.45, 7) is 5.04. The fourth-order valence-electron chi connectivity index (χ4n) is 3.05. The van der Waals surface area contributed by atoms with Gasteiger partial charge in [0.2, 0.25) is 0 Å². The van der Waals surface area contributed by atoms with Crippen LogP contribution in [0.3, 0.4) is 0 Å². The first-order chi connectivity index (χ1) is 13.0. The van der Waals surface area contributed by atoms with Gasteiger partial charge in [0.15, 0.2) is 11.5 Å². The molecule has 0 aliphatic rings. The molecule has 1 heterocycles. The molecule has 0 N–H and O–H groups in total. The number of rotatable bonds is 6. The quantitative estimate of drug-likeness (QED) is 0.439. The predicted molar refractivity (Wildman–Crippen MR) is 114 cm³/mol. The lowest BCUT2D eigenvalue weighted by Gasteiger charge is -2.17. The summed E-state index contributed by atoms with van der Waals surface area (Å²) in [4.78, 5) is 0. The van der Waals surface area contributed by atoms with E-state index >= 15 is 0 Å². The number of aryl methyl sites for hydroxylation is 1. The van der Waals surface area contributed by atoms with Crippen LogP contribution in [0.5, 0.6) is 11.5 Å². The molecule has 2 aromatic carbocycles. The Morgan fingerprint density at radius 2 is 1.63 bits per heavy atom. The first kappa shape index (κ1) is 19.5. The molecule has 0 unspecified atom stereocenters. The second kappa shape index (κ2) is 8.59. The van der Waals surface area contributed by atoms with Gasteiger partial charge in [-0.1, -0.05) is 48.1 Å². The lowest BCUT2D eigenvalue weighted by molar-refractivity contribution is 0.289.